The second-order valence-corrected chi connectivity index (χ2v) is 5.85. The molecule has 0 saturated carbocycles. The van der Waals surface area contributed by atoms with Crippen LogP contribution in [0.15, 0.2) is 28.7 Å². The van der Waals surface area contributed by atoms with E-state index in [9.17, 15) is 4.79 Å². The third-order valence-electron chi connectivity index (χ3n) is 3.47. The van der Waals surface area contributed by atoms with Crippen molar-refractivity contribution in [2.45, 2.75) is 31.8 Å². The molecule has 4 nitrogen and oxygen atoms in total. The summed E-state index contributed by atoms with van der Waals surface area (Å²) >= 11 is 3.58. The maximum atomic E-state index is 10.8. The largest absolute Gasteiger partial charge is 0.481 e. The van der Waals surface area contributed by atoms with Crippen LogP contribution in [-0.2, 0) is 4.79 Å². The Kier molecular flexibility index (Phi) is 4.82. The number of benzene rings is 1. The molecule has 19 heavy (non-hydrogen) atoms. The van der Waals surface area contributed by atoms with Gasteiger partial charge in [-0.1, -0.05) is 12.1 Å². The number of nitrogens with one attached hydrogen (secondary N) is 1. The molecule has 1 aliphatic rings. The van der Waals surface area contributed by atoms with E-state index in [1.807, 2.05) is 18.2 Å². The summed E-state index contributed by atoms with van der Waals surface area (Å²) in [6, 6.07) is 8.75. The third kappa shape index (κ3) is 3.70. The van der Waals surface area contributed by atoms with Crippen molar-refractivity contribution in [2.24, 2.45) is 0 Å². The van der Waals surface area contributed by atoms with E-state index in [0.717, 1.165) is 23.2 Å². The first kappa shape index (κ1) is 14.3. The predicted molar refractivity (Wildman–Crippen MR) is 79.6 cm³/mol. The zero-order valence-electron chi connectivity index (χ0n) is 11.0. The lowest BCUT2D eigenvalue weighted by Crippen LogP contribution is -2.55. The highest BCUT2D eigenvalue weighted by Crippen LogP contribution is 2.29. The van der Waals surface area contributed by atoms with Gasteiger partial charge in [0, 0.05) is 36.1 Å². The summed E-state index contributed by atoms with van der Waals surface area (Å²) < 4.78 is 1.06. The van der Waals surface area contributed by atoms with Gasteiger partial charge in [0.2, 0.25) is 0 Å². The average molecular weight is 327 g/mol. The molecule has 1 aliphatic heterocycles. The number of anilines is 1. The second-order valence-electron chi connectivity index (χ2n) is 5.00. The Morgan fingerprint density at radius 1 is 1.53 bits per heavy atom. The summed E-state index contributed by atoms with van der Waals surface area (Å²) in [5, 5.41) is 12.3. The minimum absolute atomic E-state index is 0.210. The Morgan fingerprint density at radius 2 is 2.26 bits per heavy atom. The normalized spacial score (nSPS) is 23.4. The van der Waals surface area contributed by atoms with Crippen molar-refractivity contribution < 1.29 is 9.90 Å². The first-order valence-corrected chi connectivity index (χ1v) is 7.33. The highest BCUT2D eigenvalue weighted by atomic mass is 79.9. The molecule has 1 aromatic carbocycles. The van der Waals surface area contributed by atoms with Crippen molar-refractivity contribution in [1.82, 2.24) is 5.32 Å². The lowest BCUT2D eigenvalue weighted by Gasteiger charge is -2.41. The van der Waals surface area contributed by atoms with Crippen LogP contribution in [0, 0.1) is 0 Å². The number of rotatable bonds is 4. The van der Waals surface area contributed by atoms with E-state index < -0.39 is 5.97 Å². The van der Waals surface area contributed by atoms with Crippen LogP contribution in [0.4, 0.5) is 5.69 Å². The lowest BCUT2D eigenvalue weighted by atomic mass is 10.0. The van der Waals surface area contributed by atoms with Gasteiger partial charge < -0.3 is 15.3 Å². The van der Waals surface area contributed by atoms with Gasteiger partial charge in [-0.3, -0.25) is 4.79 Å². The van der Waals surface area contributed by atoms with E-state index in [2.05, 4.69) is 39.1 Å². The molecule has 2 unspecified atom stereocenters. The molecular weight excluding hydrogens is 308 g/mol. The number of carboxylic acid groups (broad SMARTS) is 1. The van der Waals surface area contributed by atoms with Crippen molar-refractivity contribution in [2.75, 3.05) is 18.0 Å². The highest BCUT2D eigenvalue weighted by Gasteiger charge is 2.27. The molecule has 0 radical (unpaired) electrons. The predicted octanol–water partition coefficient (Wildman–Crippen LogP) is 2.48. The van der Waals surface area contributed by atoms with Gasteiger partial charge in [0.25, 0.3) is 0 Å². The number of hydrogen-bond donors (Lipinski definition) is 2. The molecule has 0 aliphatic carbocycles. The van der Waals surface area contributed by atoms with Gasteiger partial charge >= 0.3 is 5.97 Å². The van der Waals surface area contributed by atoms with Crippen molar-refractivity contribution >= 4 is 27.6 Å². The molecule has 0 spiro atoms. The Balaban J connectivity index is 2.17. The molecule has 0 bridgehead atoms. The molecule has 2 rings (SSSR count). The molecule has 1 aromatic rings. The first-order chi connectivity index (χ1) is 9.08. The van der Waals surface area contributed by atoms with E-state index in [-0.39, 0.29) is 12.5 Å². The molecule has 1 heterocycles. The van der Waals surface area contributed by atoms with E-state index in [4.69, 9.17) is 5.11 Å². The summed E-state index contributed by atoms with van der Waals surface area (Å²) in [5.41, 5.74) is 1.14. The van der Waals surface area contributed by atoms with E-state index in [1.165, 1.54) is 0 Å². The number of hydrogen-bond acceptors (Lipinski definition) is 3. The maximum absolute atomic E-state index is 10.8. The number of nitrogens with zero attached hydrogens (tertiary/aromatic N) is 1. The van der Waals surface area contributed by atoms with Gasteiger partial charge in [-0.2, -0.15) is 0 Å². The Labute approximate surface area is 121 Å². The van der Waals surface area contributed by atoms with Crippen LogP contribution >= 0.6 is 15.9 Å². The fourth-order valence-electron chi connectivity index (χ4n) is 2.48. The van der Waals surface area contributed by atoms with Gasteiger partial charge in [-0.15, -0.1) is 0 Å². The fraction of sp³-hybridized carbons (Fsp3) is 0.500. The van der Waals surface area contributed by atoms with E-state index >= 15 is 0 Å². The van der Waals surface area contributed by atoms with Crippen LogP contribution in [0.25, 0.3) is 0 Å². The van der Waals surface area contributed by atoms with Gasteiger partial charge in [0.05, 0.1) is 5.69 Å². The first-order valence-electron chi connectivity index (χ1n) is 6.54. The number of carbonyl (C=O) groups is 1. The summed E-state index contributed by atoms with van der Waals surface area (Å²) in [6.07, 6.45) is 0.873. The van der Waals surface area contributed by atoms with Crippen LogP contribution < -0.4 is 10.2 Å². The van der Waals surface area contributed by atoms with Crippen LogP contribution in [0.5, 0.6) is 0 Å². The van der Waals surface area contributed by atoms with Crippen molar-refractivity contribution in [3.05, 3.63) is 28.7 Å². The summed E-state index contributed by atoms with van der Waals surface area (Å²) in [6.45, 7) is 3.87. The smallest absolute Gasteiger partial charge is 0.303 e. The molecule has 2 atom stereocenters. The molecular formula is C14H19BrN2O2. The van der Waals surface area contributed by atoms with Crippen molar-refractivity contribution in [3.63, 3.8) is 0 Å². The summed E-state index contributed by atoms with van der Waals surface area (Å²) in [5.74, 6) is -0.731. The standard InChI is InChI=1S/C14H19BrN2O2/c1-10-9-17(13-5-3-2-4-12(13)15)11(8-16-10)6-7-14(18)19/h2-5,10-11,16H,6-9H2,1H3,(H,18,19). The van der Waals surface area contributed by atoms with Crippen molar-refractivity contribution in [3.8, 4) is 0 Å². The SMILES string of the molecule is CC1CN(c2ccccc2Br)C(CCC(=O)O)CN1. The van der Waals surface area contributed by atoms with Gasteiger partial charge in [0.15, 0.2) is 0 Å². The summed E-state index contributed by atoms with van der Waals surface area (Å²) in [4.78, 5) is 13.1. The third-order valence-corrected chi connectivity index (χ3v) is 4.14. The molecule has 0 aromatic heterocycles. The number of aliphatic carboxylic acids is 1. The number of piperazine rings is 1. The second kappa shape index (κ2) is 6.39. The van der Waals surface area contributed by atoms with Gasteiger partial charge in [0.1, 0.15) is 0 Å². The number of halogens is 1. The topological polar surface area (TPSA) is 52.6 Å². The number of carboxylic acids is 1. The zero-order chi connectivity index (χ0) is 13.8. The minimum Gasteiger partial charge on any atom is -0.481 e. The Bertz CT molecular complexity index is 453. The van der Waals surface area contributed by atoms with Crippen molar-refractivity contribution in [1.29, 1.82) is 0 Å². The average Bonchev–Trinajstić information content (AvgIpc) is 2.37. The van der Waals surface area contributed by atoms with Gasteiger partial charge in [-0.25, -0.2) is 0 Å². The fourth-order valence-corrected chi connectivity index (χ4v) is 3.00. The van der Waals surface area contributed by atoms with E-state index in [0.29, 0.717) is 12.5 Å². The Morgan fingerprint density at radius 3 is 2.95 bits per heavy atom. The molecule has 104 valence electrons. The zero-order valence-corrected chi connectivity index (χ0v) is 12.6. The highest BCUT2D eigenvalue weighted by molar-refractivity contribution is 9.10. The monoisotopic (exact) mass is 326 g/mol. The summed E-state index contributed by atoms with van der Waals surface area (Å²) in [7, 11) is 0. The quantitative estimate of drug-likeness (QED) is 0.892. The Hall–Kier alpha value is -1.07. The molecule has 2 N–H and O–H groups in total. The lowest BCUT2D eigenvalue weighted by molar-refractivity contribution is -0.137. The molecule has 1 fully saturated rings. The van der Waals surface area contributed by atoms with Crippen LogP contribution in [-0.4, -0.2) is 36.2 Å². The van der Waals surface area contributed by atoms with Crippen LogP contribution in [0.1, 0.15) is 19.8 Å². The van der Waals surface area contributed by atoms with Gasteiger partial charge in [-0.05, 0) is 41.4 Å². The van der Waals surface area contributed by atoms with Crippen LogP contribution in [0.2, 0.25) is 0 Å². The maximum Gasteiger partial charge on any atom is 0.303 e. The molecule has 5 heteroatoms. The molecule has 0 amide bonds. The number of para-hydroxylation sites is 1. The minimum atomic E-state index is -0.731. The van der Waals surface area contributed by atoms with E-state index in [1.54, 1.807) is 0 Å². The van der Waals surface area contributed by atoms with Crippen LogP contribution in [0.3, 0.4) is 0 Å². The molecule has 1 saturated heterocycles.